The number of hydrogen-bond acceptors (Lipinski definition) is 7. The van der Waals surface area contributed by atoms with Gasteiger partial charge in [-0.25, -0.2) is 19.4 Å². The number of H-pyrrole nitrogens is 1. The van der Waals surface area contributed by atoms with Gasteiger partial charge in [-0.1, -0.05) is 24.8 Å². The molecule has 0 bridgehead atoms. The van der Waals surface area contributed by atoms with Gasteiger partial charge in [0.15, 0.2) is 11.7 Å². The van der Waals surface area contributed by atoms with Gasteiger partial charge in [0, 0.05) is 23.5 Å². The van der Waals surface area contributed by atoms with E-state index in [0.717, 1.165) is 0 Å². The Hall–Kier alpha value is -4.11. The lowest BCUT2D eigenvalue weighted by atomic mass is 10.1. The molecule has 4 rings (SSSR count). The Morgan fingerprint density at radius 1 is 1.33 bits per heavy atom. The van der Waals surface area contributed by atoms with Gasteiger partial charge in [0.1, 0.15) is 34.8 Å². The number of anilines is 1. The Labute approximate surface area is 189 Å². The first kappa shape index (κ1) is 22.1. The molecule has 0 saturated heterocycles. The molecule has 2 unspecified atom stereocenters. The number of fused-ring (bicyclic) bond motifs is 2. The first-order chi connectivity index (χ1) is 15.9. The van der Waals surface area contributed by atoms with Crippen LogP contribution in [0.4, 0.5) is 15.9 Å². The summed E-state index contributed by atoms with van der Waals surface area (Å²) in [5, 5.41) is 14.6. The zero-order valence-electron chi connectivity index (χ0n) is 18.2. The highest BCUT2D eigenvalue weighted by atomic mass is 19.1. The van der Waals surface area contributed by atoms with E-state index in [0.29, 0.717) is 39.6 Å². The van der Waals surface area contributed by atoms with Crippen LogP contribution in [0, 0.1) is 5.82 Å². The third-order valence-corrected chi connectivity index (χ3v) is 5.18. The summed E-state index contributed by atoms with van der Waals surface area (Å²) in [5.74, 6) is 0.279. The quantitative estimate of drug-likeness (QED) is 0.495. The Morgan fingerprint density at radius 2 is 2.15 bits per heavy atom. The highest BCUT2D eigenvalue weighted by Gasteiger charge is 2.33. The smallest absolute Gasteiger partial charge is 0.194 e. The fraction of sp³-hybridized carbons (Fsp3) is 0.167. The fourth-order valence-corrected chi connectivity index (χ4v) is 3.63. The molecule has 1 aliphatic rings. The van der Waals surface area contributed by atoms with E-state index in [-0.39, 0.29) is 5.43 Å². The number of aliphatic imine (C=N–C) groups is 1. The molecule has 168 valence electrons. The van der Waals surface area contributed by atoms with Gasteiger partial charge >= 0.3 is 0 Å². The van der Waals surface area contributed by atoms with Crippen LogP contribution in [-0.2, 0) is 0 Å². The third kappa shape index (κ3) is 4.31. The molecular weight excluding hydrogens is 423 g/mol. The molecule has 9 heteroatoms. The van der Waals surface area contributed by atoms with Gasteiger partial charge in [0.25, 0.3) is 0 Å². The van der Waals surface area contributed by atoms with Crippen LogP contribution in [0.5, 0.6) is 0 Å². The topological polar surface area (TPSA) is 106 Å². The molecular formula is C24H23FN6O2. The molecule has 1 aliphatic heterocycles. The molecule has 0 amide bonds. The number of amidine groups is 1. The number of aliphatic hydroxyl groups excluding tert-OH is 1. The number of pyridine rings is 1. The molecule has 3 N–H and O–H groups in total. The van der Waals surface area contributed by atoms with Crippen molar-refractivity contribution in [1.82, 2.24) is 19.9 Å². The average molecular weight is 446 g/mol. The highest BCUT2D eigenvalue weighted by molar-refractivity contribution is 5.96. The van der Waals surface area contributed by atoms with Gasteiger partial charge in [0.05, 0.1) is 11.7 Å². The lowest BCUT2D eigenvalue weighted by Gasteiger charge is -2.38. The molecule has 3 aromatic rings. The van der Waals surface area contributed by atoms with Gasteiger partial charge in [0.2, 0.25) is 0 Å². The SMILES string of the molecule is C=C(/C=C\C=C/C)N1C(C(C)Nc2ncnc3[nH]ccc(=O)c23)=Nc2ccc(F)cc2C1O. The summed E-state index contributed by atoms with van der Waals surface area (Å²) in [6.45, 7) is 7.77. The van der Waals surface area contributed by atoms with E-state index in [1.54, 1.807) is 12.2 Å². The van der Waals surface area contributed by atoms with Crippen LogP contribution in [-0.4, -0.2) is 36.8 Å². The minimum atomic E-state index is -1.21. The summed E-state index contributed by atoms with van der Waals surface area (Å²) in [5.41, 5.74) is 1.39. The number of aromatic amines is 1. The highest BCUT2D eigenvalue weighted by Crippen LogP contribution is 2.37. The fourth-order valence-electron chi connectivity index (χ4n) is 3.63. The maximum Gasteiger partial charge on any atom is 0.194 e. The Kier molecular flexibility index (Phi) is 6.14. The molecule has 8 nitrogen and oxygen atoms in total. The molecule has 3 heterocycles. The third-order valence-electron chi connectivity index (χ3n) is 5.18. The van der Waals surface area contributed by atoms with E-state index in [1.165, 1.54) is 41.7 Å². The van der Waals surface area contributed by atoms with Crippen LogP contribution < -0.4 is 10.7 Å². The molecule has 33 heavy (non-hydrogen) atoms. The second kappa shape index (κ2) is 9.17. The molecule has 0 spiro atoms. The Balaban J connectivity index is 1.77. The molecule has 0 saturated carbocycles. The predicted molar refractivity (Wildman–Crippen MR) is 127 cm³/mol. The maximum absolute atomic E-state index is 13.9. The van der Waals surface area contributed by atoms with Crippen molar-refractivity contribution in [3.05, 3.63) is 95.0 Å². The van der Waals surface area contributed by atoms with Gasteiger partial charge in [-0.3, -0.25) is 9.69 Å². The summed E-state index contributed by atoms with van der Waals surface area (Å²) < 4.78 is 13.9. The van der Waals surface area contributed by atoms with E-state index in [9.17, 15) is 14.3 Å². The molecule has 2 atom stereocenters. The lowest BCUT2D eigenvalue weighted by molar-refractivity contribution is 0.0726. The number of nitrogens with one attached hydrogen (secondary N) is 2. The number of hydrogen-bond donors (Lipinski definition) is 3. The van der Waals surface area contributed by atoms with Gasteiger partial charge in [-0.2, -0.15) is 0 Å². The number of benzene rings is 1. The van der Waals surface area contributed by atoms with Crippen LogP contribution in [0.3, 0.4) is 0 Å². The molecule has 0 radical (unpaired) electrons. The first-order valence-electron chi connectivity index (χ1n) is 10.3. The Morgan fingerprint density at radius 3 is 2.94 bits per heavy atom. The van der Waals surface area contributed by atoms with Crippen LogP contribution in [0.2, 0.25) is 0 Å². The van der Waals surface area contributed by atoms with Crippen molar-refractivity contribution < 1.29 is 9.50 Å². The Bertz CT molecular complexity index is 1360. The van der Waals surface area contributed by atoms with Crippen molar-refractivity contribution in [1.29, 1.82) is 0 Å². The summed E-state index contributed by atoms with van der Waals surface area (Å²) >= 11 is 0. The number of nitrogens with zero attached hydrogens (tertiary/aromatic N) is 4. The predicted octanol–water partition coefficient (Wildman–Crippen LogP) is 3.94. The van der Waals surface area contributed by atoms with Gasteiger partial charge < -0.3 is 15.4 Å². The number of aliphatic hydroxyl groups is 1. The van der Waals surface area contributed by atoms with Gasteiger partial charge in [-0.05, 0) is 38.1 Å². The van der Waals surface area contributed by atoms with E-state index in [4.69, 9.17) is 0 Å². The molecule has 1 aromatic carbocycles. The van der Waals surface area contributed by atoms with Crippen LogP contribution in [0.1, 0.15) is 25.6 Å². The molecule has 2 aromatic heterocycles. The summed E-state index contributed by atoms with van der Waals surface area (Å²) in [6, 6.07) is 4.95. The van der Waals surface area contributed by atoms with Crippen molar-refractivity contribution in [3.8, 4) is 0 Å². The summed E-state index contributed by atoms with van der Waals surface area (Å²) in [7, 11) is 0. The molecule has 0 fully saturated rings. The van der Waals surface area contributed by atoms with E-state index in [1.807, 2.05) is 26.0 Å². The zero-order valence-corrected chi connectivity index (χ0v) is 18.2. The number of aromatic nitrogens is 3. The van der Waals surface area contributed by atoms with Crippen molar-refractivity contribution >= 4 is 28.4 Å². The standard InChI is InChI=1S/C24H23FN6O2/c1-4-5-6-7-14(2)31-23(30-18-9-8-16(25)12-17(18)24(31)33)15(3)29-22-20-19(32)10-11-26-21(20)27-13-28-22/h4-13,15,24,33H,2H2,1,3H3,(H2,26,27,28,29,32)/b5-4-,7-6-. The second-order valence-electron chi connectivity index (χ2n) is 7.45. The number of allylic oxidation sites excluding steroid dienone is 4. The summed E-state index contributed by atoms with van der Waals surface area (Å²) in [6.07, 6.45) is 8.85. The van der Waals surface area contributed by atoms with Crippen LogP contribution in [0.15, 0.2) is 83.2 Å². The van der Waals surface area contributed by atoms with Gasteiger partial charge in [-0.15, -0.1) is 0 Å². The second-order valence-corrected chi connectivity index (χ2v) is 7.45. The van der Waals surface area contributed by atoms with Crippen molar-refractivity contribution in [2.24, 2.45) is 4.99 Å². The first-order valence-corrected chi connectivity index (χ1v) is 10.3. The van der Waals surface area contributed by atoms with E-state index in [2.05, 4.69) is 31.8 Å². The largest absolute Gasteiger partial charge is 0.369 e. The van der Waals surface area contributed by atoms with Crippen molar-refractivity contribution in [3.63, 3.8) is 0 Å². The minimum Gasteiger partial charge on any atom is -0.369 e. The van der Waals surface area contributed by atoms with Crippen LogP contribution in [0.25, 0.3) is 11.0 Å². The van der Waals surface area contributed by atoms with Crippen molar-refractivity contribution in [2.45, 2.75) is 26.1 Å². The number of rotatable bonds is 6. The normalized spacial score (nSPS) is 16.8. The average Bonchev–Trinajstić information content (AvgIpc) is 2.79. The number of halogens is 1. The van der Waals surface area contributed by atoms with E-state index < -0.39 is 18.1 Å². The van der Waals surface area contributed by atoms with E-state index >= 15 is 0 Å². The van der Waals surface area contributed by atoms with Crippen molar-refractivity contribution in [2.75, 3.05) is 5.32 Å². The minimum absolute atomic E-state index is 0.235. The van der Waals surface area contributed by atoms with Crippen LogP contribution >= 0.6 is 0 Å². The maximum atomic E-state index is 13.9. The zero-order chi connectivity index (χ0) is 23.5. The summed E-state index contributed by atoms with van der Waals surface area (Å²) in [4.78, 5) is 29.9. The molecule has 0 aliphatic carbocycles. The monoisotopic (exact) mass is 446 g/mol. The lowest BCUT2D eigenvalue weighted by Crippen LogP contribution is -2.44.